The van der Waals surface area contributed by atoms with E-state index in [0.717, 1.165) is 37.5 Å². The minimum Gasteiger partial charge on any atom is -0.337 e. The zero-order valence-electron chi connectivity index (χ0n) is 15.5. The molecule has 11 nitrogen and oxygen atoms in total. The van der Waals surface area contributed by atoms with Gasteiger partial charge in [-0.3, -0.25) is 9.89 Å². The molecule has 1 amide bonds. The number of carbonyl (C=O) groups is 1. The van der Waals surface area contributed by atoms with Gasteiger partial charge >= 0.3 is 0 Å². The molecule has 0 spiro atoms. The van der Waals surface area contributed by atoms with Crippen LogP contribution in [0.5, 0.6) is 0 Å². The number of hydrogen-bond donors (Lipinski definition) is 1. The van der Waals surface area contributed by atoms with Crippen molar-refractivity contribution in [3.05, 3.63) is 29.7 Å². The number of carbonyl (C=O) groups excluding carboxylic acids is 1. The third-order valence-electron chi connectivity index (χ3n) is 5.66. The van der Waals surface area contributed by atoms with Gasteiger partial charge in [0.25, 0.3) is 5.91 Å². The van der Waals surface area contributed by atoms with Crippen molar-refractivity contribution >= 4 is 5.91 Å². The van der Waals surface area contributed by atoms with Crippen LogP contribution in [0.3, 0.4) is 0 Å². The summed E-state index contributed by atoms with van der Waals surface area (Å²) in [5, 5.41) is 26.8. The number of hydrogen-bond acceptors (Lipinski definition) is 7. The van der Waals surface area contributed by atoms with Crippen LogP contribution in [-0.2, 0) is 13.0 Å². The van der Waals surface area contributed by atoms with E-state index in [1.165, 1.54) is 30.3 Å². The largest absolute Gasteiger partial charge is 0.337 e. The van der Waals surface area contributed by atoms with E-state index in [0.29, 0.717) is 30.5 Å². The van der Waals surface area contributed by atoms with E-state index in [9.17, 15) is 4.79 Å². The lowest BCUT2D eigenvalue weighted by atomic mass is 9.95. The Balaban J connectivity index is 1.25. The number of fused-ring (bicyclic) bond motifs is 1. The van der Waals surface area contributed by atoms with Crippen LogP contribution >= 0.6 is 0 Å². The van der Waals surface area contributed by atoms with Gasteiger partial charge in [-0.1, -0.05) is 6.42 Å². The first-order valence-electron chi connectivity index (χ1n) is 9.79. The summed E-state index contributed by atoms with van der Waals surface area (Å²) in [5.41, 5.74) is 0.445. The fourth-order valence-corrected chi connectivity index (χ4v) is 4.13. The van der Waals surface area contributed by atoms with Gasteiger partial charge in [-0.15, -0.1) is 15.3 Å². The van der Waals surface area contributed by atoms with E-state index in [1.54, 1.807) is 6.07 Å². The highest BCUT2D eigenvalue weighted by Gasteiger charge is 2.29. The number of likely N-dealkylation sites (tertiary alicyclic amines) is 1. The predicted molar refractivity (Wildman–Crippen MR) is 96.8 cm³/mol. The van der Waals surface area contributed by atoms with Crippen LogP contribution < -0.4 is 0 Å². The van der Waals surface area contributed by atoms with Gasteiger partial charge in [0.15, 0.2) is 5.82 Å². The molecule has 5 heterocycles. The van der Waals surface area contributed by atoms with Crippen molar-refractivity contribution in [2.45, 2.75) is 51.0 Å². The van der Waals surface area contributed by atoms with E-state index in [4.69, 9.17) is 0 Å². The van der Waals surface area contributed by atoms with Crippen molar-refractivity contribution in [2.24, 2.45) is 0 Å². The second kappa shape index (κ2) is 7.13. The van der Waals surface area contributed by atoms with Crippen LogP contribution in [0.4, 0.5) is 0 Å². The van der Waals surface area contributed by atoms with Crippen molar-refractivity contribution in [3.8, 4) is 5.82 Å². The predicted octanol–water partition coefficient (Wildman–Crippen LogP) is 0.723. The zero-order valence-corrected chi connectivity index (χ0v) is 15.5. The maximum absolute atomic E-state index is 12.8. The molecule has 11 heteroatoms. The number of piperidine rings is 1. The summed E-state index contributed by atoms with van der Waals surface area (Å²) < 4.78 is 3.74. The number of aromatic amines is 1. The first-order valence-corrected chi connectivity index (χ1v) is 9.79. The molecule has 2 aliphatic rings. The lowest BCUT2D eigenvalue weighted by molar-refractivity contribution is 0.0704. The van der Waals surface area contributed by atoms with Crippen LogP contribution in [0.1, 0.15) is 60.2 Å². The second-order valence-corrected chi connectivity index (χ2v) is 7.40. The number of amides is 1. The fourth-order valence-electron chi connectivity index (χ4n) is 4.13. The number of tetrazole rings is 1. The topological polar surface area (TPSA) is 123 Å². The molecule has 1 saturated heterocycles. The molecule has 0 unspecified atom stereocenters. The van der Waals surface area contributed by atoms with Crippen molar-refractivity contribution in [1.29, 1.82) is 0 Å². The summed E-state index contributed by atoms with van der Waals surface area (Å²) in [5.74, 6) is 3.03. The van der Waals surface area contributed by atoms with Gasteiger partial charge in [0.1, 0.15) is 23.7 Å². The van der Waals surface area contributed by atoms with Crippen LogP contribution in [0, 0.1) is 0 Å². The fraction of sp³-hybridized carbons (Fsp3) is 0.588. The highest BCUT2D eigenvalue weighted by Crippen LogP contribution is 2.29. The van der Waals surface area contributed by atoms with E-state index >= 15 is 0 Å². The Morgan fingerprint density at radius 3 is 2.82 bits per heavy atom. The first-order chi connectivity index (χ1) is 13.8. The third-order valence-corrected chi connectivity index (χ3v) is 5.66. The van der Waals surface area contributed by atoms with Gasteiger partial charge in [-0.05, 0) is 36.1 Å². The summed E-state index contributed by atoms with van der Waals surface area (Å²) in [6.07, 6.45) is 7.91. The molecule has 0 radical (unpaired) electrons. The van der Waals surface area contributed by atoms with Crippen LogP contribution in [-0.4, -0.2) is 69.1 Å². The molecule has 5 rings (SSSR count). The number of nitrogens with zero attached hydrogens (tertiary/aromatic N) is 9. The summed E-state index contributed by atoms with van der Waals surface area (Å²) in [4.78, 5) is 14.7. The van der Waals surface area contributed by atoms with Crippen molar-refractivity contribution in [3.63, 3.8) is 0 Å². The molecular weight excluding hydrogens is 360 g/mol. The molecule has 0 atom stereocenters. The summed E-state index contributed by atoms with van der Waals surface area (Å²) in [6, 6.07) is 1.67. The van der Waals surface area contributed by atoms with Crippen LogP contribution in [0.25, 0.3) is 5.82 Å². The smallest absolute Gasteiger partial charge is 0.271 e. The Morgan fingerprint density at radius 2 is 2.00 bits per heavy atom. The molecule has 1 N–H and O–H groups in total. The van der Waals surface area contributed by atoms with E-state index < -0.39 is 0 Å². The first kappa shape index (κ1) is 17.0. The molecule has 1 fully saturated rings. The zero-order chi connectivity index (χ0) is 18.9. The molecule has 0 saturated carbocycles. The van der Waals surface area contributed by atoms with Crippen molar-refractivity contribution < 1.29 is 4.79 Å². The van der Waals surface area contributed by atoms with E-state index in [2.05, 4.69) is 40.5 Å². The summed E-state index contributed by atoms with van der Waals surface area (Å²) >= 11 is 0. The molecule has 146 valence electrons. The molecule has 28 heavy (non-hydrogen) atoms. The van der Waals surface area contributed by atoms with E-state index in [1.807, 2.05) is 4.90 Å². The average molecular weight is 382 g/mol. The summed E-state index contributed by atoms with van der Waals surface area (Å²) in [6.45, 7) is 2.42. The molecular formula is C17H22N10O. The number of aromatic nitrogens is 9. The molecule has 0 aliphatic carbocycles. The average Bonchev–Trinajstić information content (AvgIpc) is 3.46. The Bertz CT molecular complexity index is 951. The number of rotatable bonds is 3. The van der Waals surface area contributed by atoms with Gasteiger partial charge in [-0.25, -0.2) is 0 Å². The summed E-state index contributed by atoms with van der Waals surface area (Å²) in [7, 11) is 0. The molecule has 3 aromatic rings. The minimum absolute atomic E-state index is 0.0506. The lowest BCUT2D eigenvalue weighted by Crippen LogP contribution is -2.38. The van der Waals surface area contributed by atoms with Crippen molar-refractivity contribution in [2.75, 3.05) is 13.1 Å². The molecule has 2 aliphatic heterocycles. The highest BCUT2D eigenvalue weighted by molar-refractivity contribution is 5.92. The van der Waals surface area contributed by atoms with Gasteiger partial charge in [0.2, 0.25) is 0 Å². The second-order valence-electron chi connectivity index (χ2n) is 7.40. The van der Waals surface area contributed by atoms with Crippen molar-refractivity contribution in [1.82, 2.24) is 50.1 Å². The van der Waals surface area contributed by atoms with Gasteiger partial charge < -0.3 is 9.47 Å². The maximum Gasteiger partial charge on any atom is 0.271 e. The normalized spacial score (nSPS) is 18.1. The SMILES string of the molecule is O=C(c1cc(-n2cnnn2)n[nH]1)N1CCC(c2nnc3n2CCCCC3)CC1. The number of nitrogens with one attached hydrogen (secondary N) is 1. The standard InChI is InChI=1S/C17H22N10O/c28-17(13-10-15(21-19-13)27-11-18-23-24-27)25-8-5-12(6-9-25)16-22-20-14-4-2-1-3-7-26(14)16/h10-12H,1-9H2,(H,19,21). The molecule has 0 bridgehead atoms. The Morgan fingerprint density at radius 1 is 1.11 bits per heavy atom. The van der Waals surface area contributed by atoms with Gasteiger partial charge in [0.05, 0.1) is 0 Å². The Hall–Kier alpha value is -3.11. The highest BCUT2D eigenvalue weighted by atomic mass is 16.2. The Kier molecular flexibility index (Phi) is 4.34. The quantitative estimate of drug-likeness (QED) is 0.708. The molecule has 0 aromatic carbocycles. The third kappa shape index (κ3) is 3.06. The maximum atomic E-state index is 12.8. The Labute approximate surface area is 161 Å². The monoisotopic (exact) mass is 382 g/mol. The van der Waals surface area contributed by atoms with Crippen LogP contribution in [0.15, 0.2) is 12.4 Å². The molecule has 3 aromatic heterocycles. The number of aryl methyl sites for hydroxylation is 1. The lowest BCUT2D eigenvalue weighted by Gasteiger charge is -2.31. The minimum atomic E-state index is -0.0506. The number of H-pyrrole nitrogens is 1. The van der Waals surface area contributed by atoms with Gasteiger partial charge in [-0.2, -0.15) is 9.78 Å². The van der Waals surface area contributed by atoms with Gasteiger partial charge in [0, 0.05) is 38.0 Å². The van der Waals surface area contributed by atoms with Crippen LogP contribution in [0.2, 0.25) is 0 Å². The van der Waals surface area contributed by atoms with E-state index in [-0.39, 0.29) is 5.91 Å².